The number of carbonyl (C=O) groups is 1. The van der Waals surface area contributed by atoms with Crippen molar-refractivity contribution in [3.05, 3.63) is 40.7 Å². The van der Waals surface area contributed by atoms with E-state index in [0.717, 1.165) is 45.6 Å². The minimum Gasteiger partial charge on any atom is -0.459 e. The van der Waals surface area contributed by atoms with E-state index in [4.69, 9.17) is 4.42 Å². The van der Waals surface area contributed by atoms with Crippen LogP contribution >= 0.6 is 11.3 Å². The summed E-state index contributed by atoms with van der Waals surface area (Å²) in [6, 6.07) is 3.53. The summed E-state index contributed by atoms with van der Waals surface area (Å²) >= 11 is 1.74. The lowest BCUT2D eigenvalue weighted by atomic mass is 9.71. The van der Waals surface area contributed by atoms with Gasteiger partial charge in [0.05, 0.1) is 12.8 Å². The Morgan fingerprint density at radius 3 is 2.58 bits per heavy atom. The number of aromatic nitrogens is 1. The SMILES string of the molecule is O=C(c1ccco1)N1CCC2(CCN(Cc3nccs3)CC2)CC1. The van der Waals surface area contributed by atoms with Gasteiger partial charge in [0.1, 0.15) is 5.01 Å². The van der Waals surface area contributed by atoms with Gasteiger partial charge in [-0.1, -0.05) is 0 Å². The molecule has 0 bridgehead atoms. The standard InChI is InChI=1S/C18H23N3O2S/c22-17(15-2-1-12-23-15)21-10-5-18(6-11-21)3-8-20(9-4-18)14-16-19-7-13-24-16/h1-2,7,12-13H,3-6,8-11,14H2. The third-order valence-corrected chi connectivity index (χ3v) is 6.37. The maximum Gasteiger partial charge on any atom is 0.289 e. The van der Waals surface area contributed by atoms with E-state index < -0.39 is 0 Å². The maximum absolute atomic E-state index is 12.4. The number of rotatable bonds is 3. The maximum atomic E-state index is 12.4. The van der Waals surface area contributed by atoms with E-state index in [2.05, 4.69) is 9.88 Å². The molecular weight excluding hydrogens is 322 g/mol. The Morgan fingerprint density at radius 2 is 1.96 bits per heavy atom. The second-order valence-corrected chi connectivity index (χ2v) is 7.95. The average Bonchev–Trinajstić information content (AvgIpc) is 3.31. The van der Waals surface area contributed by atoms with Gasteiger partial charge in [0.15, 0.2) is 5.76 Å². The van der Waals surface area contributed by atoms with Gasteiger partial charge in [0, 0.05) is 24.7 Å². The zero-order valence-electron chi connectivity index (χ0n) is 13.8. The van der Waals surface area contributed by atoms with Crippen molar-refractivity contribution >= 4 is 17.2 Å². The summed E-state index contributed by atoms with van der Waals surface area (Å²) in [6.07, 6.45) is 8.16. The highest BCUT2D eigenvalue weighted by Crippen LogP contribution is 2.41. The van der Waals surface area contributed by atoms with Gasteiger partial charge in [-0.2, -0.15) is 0 Å². The Kier molecular flexibility index (Phi) is 4.41. The van der Waals surface area contributed by atoms with Crippen LogP contribution in [0.15, 0.2) is 34.4 Å². The first-order valence-electron chi connectivity index (χ1n) is 8.68. The zero-order chi connectivity index (χ0) is 16.4. The highest BCUT2D eigenvalue weighted by atomic mass is 32.1. The van der Waals surface area contributed by atoms with Gasteiger partial charge >= 0.3 is 0 Å². The summed E-state index contributed by atoms with van der Waals surface area (Å²) in [5.74, 6) is 0.500. The van der Waals surface area contributed by atoms with Crippen LogP contribution < -0.4 is 0 Å². The lowest BCUT2D eigenvalue weighted by Crippen LogP contribution is -2.48. The van der Waals surface area contributed by atoms with Crippen molar-refractivity contribution in [3.63, 3.8) is 0 Å². The van der Waals surface area contributed by atoms with E-state index in [9.17, 15) is 4.79 Å². The van der Waals surface area contributed by atoms with Crippen molar-refractivity contribution in [1.29, 1.82) is 0 Å². The summed E-state index contributed by atoms with van der Waals surface area (Å²) < 4.78 is 5.25. The predicted molar refractivity (Wildman–Crippen MR) is 92.9 cm³/mol. The Labute approximate surface area is 146 Å². The van der Waals surface area contributed by atoms with E-state index >= 15 is 0 Å². The van der Waals surface area contributed by atoms with Crippen molar-refractivity contribution in [3.8, 4) is 0 Å². The number of piperidine rings is 2. The summed E-state index contributed by atoms with van der Waals surface area (Å²) in [7, 11) is 0. The lowest BCUT2D eigenvalue weighted by molar-refractivity contribution is 0.0270. The van der Waals surface area contributed by atoms with Crippen LogP contribution in [0.3, 0.4) is 0 Å². The molecule has 1 amide bonds. The molecule has 2 aromatic heterocycles. The van der Waals surface area contributed by atoms with E-state index in [1.54, 1.807) is 29.7 Å². The van der Waals surface area contributed by atoms with Crippen molar-refractivity contribution < 1.29 is 9.21 Å². The normalized spacial score (nSPS) is 21.2. The monoisotopic (exact) mass is 345 g/mol. The lowest BCUT2D eigenvalue weighted by Gasteiger charge is -2.46. The Balaban J connectivity index is 1.29. The fourth-order valence-electron chi connectivity index (χ4n) is 3.95. The van der Waals surface area contributed by atoms with Gasteiger partial charge in [-0.25, -0.2) is 4.98 Å². The molecule has 2 saturated heterocycles. The molecule has 0 N–H and O–H groups in total. The van der Waals surface area contributed by atoms with Gasteiger partial charge in [-0.3, -0.25) is 9.69 Å². The fraction of sp³-hybridized carbons (Fsp3) is 0.556. The molecule has 2 aliphatic rings. The van der Waals surface area contributed by atoms with Crippen LogP contribution in [0, 0.1) is 5.41 Å². The molecule has 24 heavy (non-hydrogen) atoms. The molecule has 0 unspecified atom stereocenters. The molecule has 0 aromatic carbocycles. The van der Waals surface area contributed by atoms with Crippen LogP contribution in [0.4, 0.5) is 0 Å². The third kappa shape index (κ3) is 3.26. The van der Waals surface area contributed by atoms with Crippen molar-refractivity contribution in [2.24, 2.45) is 5.41 Å². The van der Waals surface area contributed by atoms with Crippen LogP contribution in [0.25, 0.3) is 0 Å². The Hall–Kier alpha value is -1.66. The molecule has 128 valence electrons. The van der Waals surface area contributed by atoms with Gasteiger partial charge in [0.25, 0.3) is 5.91 Å². The van der Waals surface area contributed by atoms with Crippen molar-refractivity contribution in [2.75, 3.05) is 26.2 Å². The molecule has 2 aliphatic heterocycles. The molecular formula is C18H23N3O2S. The number of hydrogen-bond acceptors (Lipinski definition) is 5. The van der Waals surface area contributed by atoms with Crippen LogP contribution in [0.5, 0.6) is 0 Å². The molecule has 4 rings (SSSR count). The van der Waals surface area contributed by atoms with Gasteiger partial charge in [0.2, 0.25) is 0 Å². The molecule has 2 aromatic rings. The Morgan fingerprint density at radius 1 is 1.21 bits per heavy atom. The highest BCUT2D eigenvalue weighted by Gasteiger charge is 2.38. The molecule has 6 heteroatoms. The zero-order valence-corrected chi connectivity index (χ0v) is 14.6. The first-order valence-corrected chi connectivity index (χ1v) is 9.56. The molecule has 0 radical (unpaired) electrons. The van der Waals surface area contributed by atoms with Crippen LogP contribution in [0.2, 0.25) is 0 Å². The quantitative estimate of drug-likeness (QED) is 0.857. The number of furan rings is 1. The number of amides is 1. The van der Waals surface area contributed by atoms with Crippen molar-refractivity contribution in [1.82, 2.24) is 14.8 Å². The largest absolute Gasteiger partial charge is 0.459 e. The second kappa shape index (κ2) is 6.69. The van der Waals surface area contributed by atoms with Gasteiger partial charge < -0.3 is 9.32 Å². The second-order valence-electron chi connectivity index (χ2n) is 6.97. The van der Waals surface area contributed by atoms with Crippen LogP contribution in [-0.4, -0.2) is 46.9 Å². The van der Waals surface area contributed by atoms with E-state index in [1.807, 2.05) is 16.5 Å². The fourth-order valence-corrected chi connectivity index (χ4v) is 4.61. The minimum absolute atomic E-state index is 0.0380. The summed E-state index contributed by atoms with van der Waals surface area (Å²) in [5.41, 5.74) is 0.430. The van der Waals surface area contributed by atoms with Crippen LogP contribution in [0.1, 0.15) is 41.2 Å². The smallest absolute Gasteiger partial charge is 0.289 e. The van der Waals surface area contributed by atoms with E-state index in [0.29, 0.717) is 11.2 Å². The highest BCUT2D eigenvalue weighted by molar-refractivity contribution is 7.09. The first kappa shape index (κ1) is 15.8. The topological polar surface area (TPSA) is 49.6 Å². The third-order valence-electron chi connectivity index (χ3n) is 5.60. The van der Waals surface area contributed by atoms with E-state index in [-0.39, 0.29) is 5.91 Å². The van der Waals surface area contributed by atoms with Crippen molar-refractivity contribution in [2.45, 2.75) is 32.2 Å². The number of likely N-dealkylation sites (tertiary alicyclic amines) is 2. The number of hydrogen-bond donors (Lipinski definition) is 0. The van der Waals surface area contributed by atoms with Gasteiger partial charge in [-0.15, -0.1) is 11.3 Å². The molecule has 1 spiro atoms. The van der Waals surface area contributed by atoms with E-state index in [1.165, 1.54) is 17.8 Å². The predicted octanol–water partition coefficient (Wildman–Crippen LogP) is 3.25. The first-order chi connectivity index (χ1) is 11.7. The minimum atomic E-state index is 0.0380. The Bertz CT molecular complexity index is 651. The summed E-state index contributed by atoms with van der Waals surface area (Å²) in [6.45, 7) is 4.98. The molecule has 0 saturated carbocycles. The van der Waals surface area contributed by atoms with Gasteiger partial charge in [-0.05, 0) is 56.3 Å². The molecule has 0 aliphatic carbocycles. The molecule has 0 atom stereocenters. The molecule has 5 nitrogen and oxygen atoms in total. The number of carbonyl (C=O) groups excluding carboxylic acids is 1. The number of thiazole rings is 1. The molecule has 2 fully saturated rings. The summed E-state index contributed by atoms with van der Waals surface area (Å²) in [5, 5.41) is 3.26. The van der Waals surface area contributed by atoms with Crippen LogP contribution in [-0.2, 0) is 6.54 Å². The summed E-state index contributed by atoms with van der Waals surface area (Å²) in [4.78, 5) is 21.2. The molecule has 4 heterocycles. The average molecular weight is 345 g/mol. The number of nitrogens with zero attached hydrogens (tertiary/aromatic N) is 3.